The van der Waals surface area contributed by atoms with E-state index in [1.54, 1.807) is 7.11 Å². The fourth-order valence-electron chi connectivity index (χ4n) is 3.67. The third-order valence-electron chi connectivity index (χ3n) is 5.47. The number of fused-ring (bicyclic) bond motifs is 1. The van der Waals surface area contributed by atoms with E-state index in [1.165, 1.54) is 12.1 Å². The summed E-state index contributed by atoms with van der Waals surface area (Å²) in [4.78, 5) is 20.6. The summed E-state index contributed by atoms with van der Waals surface area (Å²) in [7, 11) is 1.58. The molecule has 182 valence electrons. The smallest absolute Gasteiger partial charge is 0.417 e. The molecule has 1 aromatic heterocycles. The van der Waals surface area contributed by atoms with Gasteiger partial charge in [-0.25, -0.2) is 9.78 Å². The van der Waals surface area contributed by atoms with Gasteiger partial charge in [-0.05, 0) is 47.9 Å². The van der Waals surface area contributed by atoms with E-state index in [0.29, 0.717) is 18.0 Å². The van der Waals surface area contributed by atoms with Gasteiger partial charge in [0, 0.05) is 6.54 Å². The van der Waals surface area contributed by atoms with Gasteiger partial charge >= 0.3 is 12.2 Å². The van der Waals surface area contributed by atoms with E-state index in [0.717, 1.165) is 22.7 Å². The van der Waals surface area contributed by atoms with Crippen LogP contribution in [0, 0.1) is 0 Å². The lowest BCUT2D eigenvalue weighted by Gasteiger charge is -2.18. The molecule has 0 bridgehead atoms. The Morgan fingerprint density at radius 3 is 2.51 bits per heavy atom. The Morgan fingerprint density at radius 2 is 1.83 bits per heavy atom. The number of para-hydroxylation sites is 2. The molecule has 0 aliphatic rings. The molecule has 0 saturated carbocycles. The number of H-pyrrole nitrogens is 1. The summed E-state index contributed by atoms with van der Waals surface area (Å²) in [6.45, 7) is -0.177. The molecule has 3 N–H and O–H groups in total. The van der Waals surface area contributed by atoms with Crippen LogP contribution >= 0.6 is 11.6 Å². The minimum atomic E-state index is -4.58. The predicted octanol–water partition coefficient (Wildman–Crippen LogP) is 6.03. The van der Waals surface area contributed by atoms with Crippen molar-refractivity contribution >= 4 is 28.7 Å². The van der Waals surface area contributed by atoms with E-state index in [1.807, 2.05) is 48.5 Å². The van der Waals surface area contributed by atoms with Gasteiger partial charge in [0.1, 0.15) is 11.6 Å². The fraction of sp³-hybridized carbons (Fsp3) is 0.200. The highest BCUT2D eigenvalue weighted by Crippen LogP contribution is 2.36. The molecule has 0 spiro atoms. The Kier molecular flexibility index (Phi) is 7.16. The molecule has 0 aliphatic carbocycles. The third kappa shape index (κ3) is 5.86. The van der Waals surface area contributed by atoms with Gasteiger partial charge < -0.3 is 20.4 Å². The van der Waals surface area contributed by atoms with Crippen LogP contribution in [0.15, 0.2) is 66.7 Å². The summed E-state index contributed by atoms with van der Waals surface area (Å²) in [5.41, 5.74) is 1.71. The van der Waals surface area contributed by atoms with E-state index < -0.39 is 28.8 Å². The molecule has 0 fully saturated rings. The van der Waals surface area contributed by atoms with Crippen molar-refractivity contribution in [3.8, 4) is 5.75 Å². The number of rotatable bonds is 7. The monoisotopic (exact) mass is 502 g/mol. The van der Waals surface area contributed by atoms with Crippen LogP contribution in [0.25, 0.3) is 11.0 Å². The molecular weight excluding hydrogens is 481 g/mol. The zero-order valence-electron chi connectivity index (χ0n) is 18.6. The summed E-state index contributed by atoms with van der Waals surface area (Å²) < 4.78 is 44.6. The standard InChI is InChI=1S/C25H22ClF3N4O2/c1-35-17-11-9-15(10-12-17)13-21(23-31-19-7-2-3-8-20(19)32-23)33-24(34)30-14-16-5-4-6-18(22(16)26)25(27,28)29/h2-12,21H,13-14H2,1H3,(H,31,32)(H2,30,33,34). The number of amides is 2. The van der Waals surface area contributed by atoms with Gasteiger partial charge in [0.2, 0.25) is 0 Å². The molecule has 0 radical (unpaired) electrons. The molecule has 10 heteroatoms. The summed E-state index contributed by atoms with van der Waals surface area (Å²) >= 11 is 5.94. The molecule has 6 nitrogen and oxygen atoms in total. The first kappa shape index (κ1) is 24.4. The zero-order valence-corrected chi connectivity index (χ0v) is 19.4. The lowest BCUT2D eigenvalue weighted by atomic mass is 10.1. The van der Waals surface area contributed by atoms with Gasteiger partial charge in [-0.3, -0.25) is 0 Å². The van der Waals surface area contributed by atoms with E-state index in [4.69, 9.17) is 16.3 Å². The van der Waals surface area contributed by atoms with Crippen LogP contribution < -0.4 is 15.4 Å². The lowest BCUT2D eigenvalue weighted by molar-refractivity contribution is -0.137. The maximum absolute atomic E-state index is 13.1. The first-order valence-corrected chi connectivity index (χ1v) is 11.1. The molecule has 35 heavy (non-hydrogen) atoms. The number of aromatic amines is 1. The molecule has 0 aliphatic heterocycles. The minimum Gasteiger partial charge on any atom is -0.497 e. The van der Waals surface area contributed by atoms with Gasteiger partial charge in [0.05, 0.1) is 34.8 Å². The Bertz CT molecular complexity index is 1290. The highest BCUT2D eigenvalue weighted by molar-refractivity contribution is 6.32. The van der Waals surface area contributed by atoms with Gasteiger partial charge in [-0.2, -0.15) is 13.2 Å². The molecular formula is C25H22ClF3N4O2. The average molecular weight is 503 g/mol. The second kappa shape index (κ2) is 10.3. The van der Waals surface area contributed by atoms with E-state index in [9.17, 15) is 18.0 Å². The molecule has 1 atom stereocenters. The number of nitrogens with zero attached hydrogens (tertiary/aromatic N) is 1. The van der Waals surface area contributed by atoms with E-state index in [2.05, 4.69) is 20.6 Å². The zero-order chi connectivity index (χ0) is 25.0. The van der Waals surface area contributed by atoms with Crippen LogP contribution in [0.2, 0.25) is 5.02 Å². The lowest BCUT2D eigenvalue weighted by Crippen LogP contribution is -2.38. The number of ether oxygens (including phenoxy) is 1. The van der Waals surface area contributed by atoms with Gasteiger partial charge in [0.25, 0.3) is 0 Å². The third-order valence-corrected chi connectivity index (χ3v) is 5.91. The van der Waals surface area contributed by atoms with Crippen molar-refractivity contribution in [1.82, 2.24) is 20.6 Å². The second-order valence-electron chi connectivity index (χ2n) is 7.85. The molecule has 1 unspecified atom stereocenters. The second-order valence-corrected chi connectivity index (χ2v) is 8.23. The summed E-state index contributed by atoms with van der Waals surface area (Å²) in [5.74, 6) is 1.26. The highest BCUT2D eigenvalue weighted by atomic mass is 35.5. The number of halogens is 4. The van der Waals surface area contributed by atoms with Gasteiger partial charge in [-0.15, -0.1) is 0 Å². The maximum Gasteiger partial charge on any atom is 0.417 e. The molecule has 0 saturated heterocycles. The largest absolute Gasteiger partial charge is 0.497 e. The topological polar surface area (TPSA) is 79.0 Å². The number of urea groups is 1. The van der Waals surface area contributed by atoms with Crippen LogP contribution in [0.3, 0.4) is 0 Å². The Labute approximate surface area is 204 Å². The van der Waals surface area contributed by atoms with Gasteiger partial charge in [-0.1, -0.05) is 48.0 Å². The minimum absolute atomic E-state index is 0.159. The van der Waals surface area contributed by atoms with Crippen molar-refractivity contribution in [2.45, 2.75) is 25.2 Å². The van der Waals surface area contributed by atoms with Crippen molar-refractivity contribution < 1.29 is 22.7 Å². The predicted molar refractivity (Wildman–Crippen MR) is 127 cm³/mol. The number of alkyl halides is 3. The Hall–Kier alpha value is -3.72. The first-order chi connectivity index (χ1) is 16.7. The molecule has 2 amide bonds. The number of aromatic nitrogens is 2. The average Bonchev–Trinajstić information content (AvgIpc) is 3.27. The normalized spacial score (nSPS) is 12.4. The maximum atomic E-state index is 13.1. The number of carbonyl (C=O) groups is 1. The summed E-state index contributed by atoms with van der Waals surface area (Å²) in [6.07, 6.45) is -4.17. The number of benzene rings is 3. The number of imidazole rings is 1. The van der Waals surface area contributed by atoms with E-state index in [-0.39, 0.29) is 12.1 Å². The highest BCUT2D eigenvalue weighted by Gasteiger charge is 2.33. The van der Waals surface area contributed by atoms with Crippen molar-refractivity contribution in [2.24, 2.45) is 0 Å². The molecule has 3 aromatic carbocycles. The number of hydrogen-bond acceptors (Lipinski definition) is 3. The van der Waals surface area contributed by atoms with Crippen molar-refractivity contribution in [1.29, 1.82) is 0 Å². The van der Waals surface area contributed by atoms with Crippen molar-refractivity contribution in [3.63, 3.8) is 0 Å². The van der Waals surface area contributed by atoms with E-state index >= 15 is 0 Å². The number of carbonyl (C=O) groups excluding carboxylic acids is 1. The Morgan fingerprint density at radius 1 is 1.09 bits per heavy atom. The number of hydrogen-bond donors (Lipinski definition) is 3. The first-order valence-electron chi connectivity index (χ1n) is 10.7. The molecule has 1 heterocycles. The van der Waals surface area contributed by atoms with Crippen LogP contribution in [0.1, 0.15) is 28.6 Å². The van der Waals surface area contributed by atoms with Crippen molar-refractivity contribution in [3.05, 3.63) is 94.3 Å². The quantitative estimate of drug-likeness (QED) is 0.289. The Balaban J connectivity index is 1.52. The number of nitrogens with one attached hydrogen (secondary N) is 3. The van der Waals surface area contributed by atoms with Gasteiger partial charge in [0.15, 0.2) is 0 Å². The van der Waals surface area contributed by atoms with Crippen molar-refractivity contribution in [2.75, 3.05) is 7.11 Å². The van der Waals surface area contributed by atoms with Crippen LogP contribution in [0.5, 0.6) is 5.75 Å². The SMILES string of the molecule is COc1ccc(CC(NC(=O)NCc2cccc(C(F)(F)F)c2Cl)c2nc3ccccc3[nH]2)cc1. The van der Waals surface area contributed by atoms with Crippen LogP contribution in [-0.2, 0) is 19.1 Å². The van der Waals surface area contributed by atoms with Crippen LogP contribution in [-0.4, -0.2) is 23.1 Å². The van der Waals surface area contributed by atoms with Crippen LogP contribution in [0.4, 0.5) is 18.0 Å². The number of methoxy groups -OCH3 is 1. The molecule has 4 rings (SSSR count). The summed E-state index contributed by atoms with van der Waals surface area (Å²) in [5, 5.41) is 5.02. The molecule has 4 aromatic rings. The fourth-order valence-corrected chi connectivity index (χ4v) is 3.97. The summed E-state index contributed by atoms with van der Waals surface area (Å²) in [6, 6.07) is 17.4.